The molecule has 0 aromatic rings. The van der Waals surface area contributed by atoms with Gasteiger partial charge in [-0.15, -0.1) is 0 Å². The maximum atomic E-state index is 3.34. The van der Waals surface area contributed by atoms with Gasteiger partial charge in [-0.05, 0) is 39.4 Å². The lowest BCUT2D eigenvalue weighted by Crippen LogP contribution is -2.52. The lowest BCUT2D eigenvalue weighted by molar-refractivity contribution is 0.109. The molecular weight excluding hydrogens is 174 g/mol. The molecule has 3 heteroatoms. The zero-order valence-electron chi connectivity index (χ0n) is 9.50. The number of likely N-dealkylation sites (tertiary alicyclic amines) is 1. The standard InChI is InChI=1S/C11H23N3/c1-13-5-3-4-11(9-13)14(2)8-10-6-12-7-10/h10-12H,3-9H2,1-2H3. The summed E-state index contributed by atoms with van der Waals surface area (Å²) < 4.78 is 0. The molecule has 3 nitrogen and oxygen atoms in total. The maximum absolute atomic E-state index is 3.34. The summed E-state index contributed by atoms with van der Waals surface area (Å²) in [6.07, 6.45) is 2.76. The van der Waals surface area contributed by atoms with E-state index in [1.54, 1.807) is 0 Å². The third kappa shape index (κ3) is 2.47. The predicted octanol–water partition coefficient (Wildman–Crippen LogP) is 0.232. The molecule has 0 aromatic heterocycles. The number of likely N-dealkylation sites (N-methyl/N-ethyl adjacent to an activating group) is 2. The fourth-order valence-corrected chi connectivity index (χ4v) is 2.53. The fraction of sp³-hybridized carbons (Fsp3) is 1.00. The smallest absolute Gasteiger partial charge is 0.0220 e. The highest BCUT2D eigenvalue weighted by Crippen LogP contribution is 2.15. The molecule has 0 amide bonds. The largest absolute Gasteiger partial charge is 0.316 e. The summed E-state index contributed by atoms with van der Waals surface area (Å²) in [4.78, 5) is 5.03. The zero-order valence-corrected chi connectivity index (χ0v) is 9.50. The van der Waals surface area contributed by atoms with E-state index < -0.39 is 0 Å². The number of hydrogen-bond donors (Lipinski definition) is 1. The van der Waals surface area contributed by atoms with Crippen LogP contribution >= 0.6 is 0 Å². The highest BCUT2D eigenvalue weighted by atomic mass is 15.2. The molecule has 2 saturated heterocycles. The molecule has 1 unspecified atom stereocenters. The second-order valence-electron chi connectivity index (χ2n) is 5.02. The number of nitrogens with one attached hydrogen (secondary N) is 1. The van der Waals surface area contributed by atoms with Crippen LogP contribution in [0.3, 0.4) is 0 Å². The van der Waals surface area contributed by atoms with E-state index >= 15 is 0 Å². The molecule has 2 rings (SSSR count). The Kier molecular flexibility index (Phi) is 3.42. The van der Waals surface area contributed by atoms with Gasteiger partial charge in [-0.2, -0.15) is 0 Å². The summed E-state index contributed by atoms with van der Waals surface area (Å²) in [5.41, 5.74) is 0. The van der Waals surface area contributed by atoms with Gasteiger partial charge in [0, 0.05) is 32.2 Å². The zero-order chi connectivity index (χ0) is 9.97. The van der Waals surface area contributed by atoms with Crippen molar-refractivity contribution < 1.29 is 0 Å². The molecule has 0 saturated carbocycles. The first kappa shape index (κ1) is 10.4. The highest BCUT2D eigenvalue weighted by Gasteiger charge is 2.25. The molecule has 82 valence electrons. The topological polar surface area (TPSA) is 18.5 Å². The van der Waals surface area contributed by atoms with Gasteiger partial charge < -0.3 is 15.1 Å². The van der Waals surface area contributed by atoms with E-state index in [9.17, 15) is 0 Å². The van der Waals surface area contributed by atoms with Crippen LogP contribution in [0, 0.1) is 5.92 Å². The Morgan fingerprint density at radius 2 is 2.21 bits per heavy atom. The molecule has 1 N–H and O–H groups in total. The van der Waals surface area contributed by atoms with Gasteiger partial charge in [0.25, 0.3) is 0 Å². The lowest BCUT2D eigenvalue weighted by Gasteiger charge is -2.39. The van der Waals surface area contributed by atoms with Crippen molar-refractivity contribution in [2.24, 2.45) is 5.92 Å². The van der Waals surface area contributed by atoms with Crippen LogP contribution in [0.4, 0.5) is 0 Å². The number of piperidine rings is 1. The van der Waals surface area contributed by atoms with Gasteiger partial charge in [0.1, 0.15) is 0 Å². The Labute approximate surface area is 87.4 Å². The van der Waals surface area contributed by atoms with Crippen molar-refractivity contribution in [2.75, 3.05) is 46.8 Å². The first-order chi connectivity index (χ1) is 6.75. The van der Waals surface area contributed by atoms with Gasteiger partial charge in [0.05, 0.1) is 0 Å². The van der Waals surface area contributed by atoms with Crippen LogP contribution in [0.1, 0.15) is 12.8 Å². The van der Waals surface area contributed by atoms with Crippen LogP contribution in [-0.4, -0.2) is 62.7 Å². The SMILES string of the molecule is CN1CCCC(N(C)CC2CNC2)C1. The van der Waals surface area contributed by atoms with Crippen LogP contribution in [0.15, 0.2) is 0 Å². The van der Waals surface area contributed by atoms with Crippen molar-refractivity contribution >= 4 is 0 Å². The Hall–Kier alpha value is -0.120. The second kappa shape index (κ2) is 4.60. The summed E-state index contributed by atoms with van der Waals surface area (Å²) in [6, 6.07) is 0.800. The molecule has 2 heterocycles. The first-order valence-electron chi connectivity index (χ1n) is 5.85. The molecule has 0 aliphatic carbocycles. The summed E-state index contributed by atoms with van der Waals surface area (Å²) in [6.45, 7) is 6.29. The van der Waals surface area contributed by atoms with Crippen molar-refractivity contribution in [2.45, 2.75) is 18.9 Å². The molecule has 2 aliphatic heterocycles. The molecule has 14 heavy (non-hydrogen) atoms. The van der Waals surface area contributed by atoms with Crippen LogP contribution < -0.4 is 5.32 Å². The normalized spacial score (nSPS) is 30.6. The number of rotatable bonds is 3. The van der Waals surface area contributed by atoms with E-state index in [1.165, 1.54) is 45.6 Å². The van der Waals surface area contributed by atoms with Gasteiger partial charge in [-0.25, -0.2) is 0 Å². The summed E-state index contributed by atoms with van der Waals surface area (Å²) in [5, 5.41) is 3.34. The lowest BCUT2D eigenvalue weighted by atomic mass is 10.00. The average molecular weight is 197 g/mol. The predicted molar refractivity (Wildman–Crippen MR) is 59.5 cm³/mol. The van der Waals surface area contributed by atoms with Gasteiger partial charge in [-0.1, -0.05) is 0 Å². The molecule has 0 aromatic carbocycles. The van der Waals surface area contributed by atoms with E-state index in [-0.39, 0.29) is 0 Å². The van der Waals surface area contributed by atoms with Gasteiger partial charge >= 0.3 is 0 Å². The second-order valence-corrected chi connectivity index (χ2v) is 5.02. The molecule has 0 spiro atoms. The number of nitrogens with zero attached hydrogens (tertiary/aromatic N) is 2. The Morgan fingerprint density at radius 3 is 2.79 bits per heavy atom. The van der Waals surface area contributed by atoms with E-state index in [1.807, 2.05) is 0 Å². The molecule has 1 atom stereocenters. The Morgan fingerprint density at radius 1 is 1.43 bits per heavy atom. The van der Waals surface area contributed by atoms with Crippen molar-refractivity contribution in [3.05, 3.63) is 0 Å². The summed E-state index contributed by atoms with van der Waals surface area (Å²) >= 11 is 0. The van der Waals surface area contributed by atoms with E-state index in [0.29, 0.717) is 0 Å². The third-order valence-corrected chi connectivity index (χ3v) is 3.64. The van der Waals surface area contributed by atoms with Crippen LogP contribution in [0.5, 0.6) is 0 Å². The third-order valence-electron chi connectivity index (χ3n) is 3.64. The van der Waals surface area contributed by atoms with Crippen LogP contribution in [0.25, 0.3) is 0 Å². The quantitative estimate of drug-likeness (QED) is 0.699. The van der Waals surface area contributed by atoms with Gasteiger partial charge in [-0.3, -0.25) is 0 Å². The number of hydrogen-bond acceptors (Lipinski definition) is 3. The van der Waals surface area contributed by atoms with Gasteiger partial charge in [0.2, 0.25) is 0 Å². The Bertz CT molecular complexity index is 179. The van der Waals surface area contributed by atoms with Crippen LogP contribution in [0.2, 0.25) is 0 Å². The summed E-state index contributed by atoms with van der Waals surface area (Å²) in [7, 11) is 4.53. The molecule has 2 aliphatic rings. The van der Waals surface area contributed by atoms with Crippen molar-refractivity contribution in [1.29, 1.82) is 0 Å². The first-order valence-corrected chi connectivity index (χ1v) is 5.85. The van der Waals surface area contributed by atoms with E-state index in [4.69, 9.17) is 0 Å². The van der Waals surface area contributed by atoms with Crippen molar-refractivity contribution in [3.63, 3.8) is 0 Å². The molecule has 0 bridgehead atoms. The summed E-state index contributed by atoms with van der Waals surface area (Å²) in [5.74, 6) is 0.909. The van der Waals surface area contributed by atoms with Crippen molar-refractivity contribution in [1.82, 2.24) is 15.1 Å². The fourth-order valence-electron chi connectivity index (χ4n) is 2.53. The minimum atomic E-state index is 0.800. The minimum Gasteiger partial charge on any atom is -0.316 e. The maximum Gasteiger partial charge on any atom is 0.0220 e. The molecule has 0 radical (unpaired) electrons. The van der Waals surface area contributed by atoms with Crippen LogP contribution in [-0.2, 0) is 0 Å². The highest BCUT2D eigenvalue weighted by molar-refractivity contribution is 4.82. The Balaban J connectivity index is 1.74. The monoisotopic (exact) mass is 197 g/mol. The minimum absolute atomic E-state index is 0.800. The molecular formula is C11H23N3. The van der Waals surface area contributed by atoms with Crippen molar-refractivity contribution in [3.8, 4) is 0 Å². The average Bonchev–Trinajstić information content (AvgIpc) is 2.11. The van der Waals surface area contributed by atoms with Gasteiger partial charge in [0.15, 0.2) is 0 Å². The van der Waals surface area contributed by atoms with E-state index in [2.05, 4.69) is 29.2 Å². The van der Waals surface area contributed by atoms with E-state index in [0.717, 1.165) is 12.0 Å². The molecule has 2 fully saturated rings.